The fourth-order valence-corrected chi connectivity index (χ4v) is 6.84. The van der Waals surface area contributed by atoms with Crippen LogP contribution < -0.4 is 0 Å². The Balaban J connectivity index is 1.43. The van der Waals surface area contributed by atoms with Crippen molar-refractivity contribution in [1.82, 2.24) is 9.55 Å². The van der Waals surface area contributed by atoms with Crippen LogP contribution in [-0.2, 0) is 0 Å². The highest BCUT2D eigenvalue weighted by molar-refractivity contribution is 6.16. The van der Waals surface area contributed by atoms with Crippen molar-refractivity contribution in [2.45, 2.75) is 46.5 Å². The Bertz CT molecular complexity index is 2340. The van der Waals surface area contributed by atoms with Gasteiger partial charge in [0.15, 0.2) is 0 Å². The van der Waals surface area contributed by atoms with Crippen LogP contribution in [0.5, 0.6) is 0 Å². The second-order valence-corrected chi connectivity index (χ2v) is 12.5. The Hall–Kier alpha value is -4.89. The second kappa shape index (κ2) is 9.57. The van der Waals surface area contributed by atoms with Gasteiger partial charge < -0.3 is 4.42 Å². The number of hydrogen-bond acceptors (Lipinski definition) is 2. The van der Waals surface area contributed by atoms with Gasteiger partial charge in [-0.1, -0.05) is 93.9 Å². The third-order valence-corrected chi connectivity index (χ3v) is 8.93. The van der Waals surface area contributed by atoms with Crippen molar-refractivity contribution < 1.29 is 4.42 Å². The van der Waals surface area contributed by atoms with E-state index in [1.807, 2.05) is 0 Å². The summed E-state index contributed by atoms with van der Waals surface area (Å²) < 4.78 is 8.83. The Kier molecular flexibility index (Phi) is 5.74. The van der Waals surface area contributed by atoms with Crippen LogP contribution in [0.25, 0.3) is 71.6 Å². The predicted octanol–water partition coefficient (Wildman–Crippen LogP) is 11.5. The summed E-state index contributed by atoms with van der Waals surface area (Å²) in [5, 5.41) is 7.18. The zero-order valence-corrected chi connectivity index (χ0v) is 25.3. The molecule has 8 aromatic rings. The van der Waals surface area contributed by atoms with Gasteiger partial charge in [0, 0.05) is 16.3 Å². The van der Waals surface area contributed by atoms with Gasteiger partial charge in [0.1, 0.15) is 17.0 Å². The van der Waals surface area contributed by atoms with Crippen LogP contribution in [0.3, 0.4) is 0 Å². The van der Waals surface area contributed by atoms with E-state index in [2.05, 4.69) is 142 Å². The zero-order valence-electron chi connectivity index (χ0n) is 25.3. The lowest BCUT2D eigenvalue weighted by molar-refractivity contribution is 0.669. The average molecular weight is 559 g/mol. The van der Waals surface area contributed by atoms with Gasteiger partial charge in [0.05, 0.1) is 16.7 Å². The average Bonchev–Trinajstić information content (AvgIpc) is 3.57. The number of nitrogens with zero attached hydrogens (tertiary/aromatic N) is 2. The zero-order chi connectivity index (χ0) is 29.4. The molecule has 0 aliphatic carbocycles. The van der Waals surface area contributed by atoms with E-state index < -0.39 is 0 Å². The van der Waals surface area contributed by atoms with E-state index in [1.54, 1.807) is 0 Å². The lowest BCUT2D eigenvalue weighted by Gasteiger charge is -2.23. The van der Waals surface area contributed by atoms with Crippen LogP contribution in [0.4, 0.5) is 0 Å². The van der Waals surface area contributed by atoms with E-state index in [0.717, 1.165) is 44.4 Å². The molecule has 210 valence electrons. The second-order valence-electron chi connectivity index (χ2n) is 12.5. The lowest BCUT2D eigenvalue weighted by Crippen LogP contribution is -2.09. The topological polar surface area (TPSA) is 31.0 Å². The molecular formula is C40H34N2O. The summed E-state index contributed by atoms with van der Waals surface area (Å²) in [4.78, 5) is 5.28. The van der Waals surface area contributed by atoms with Crippen molar-refractivity contribution in [2.75, 3.05) is 0 Å². The fraction of sp³-hybridized carbons (Fsp3) is 0.175. The number of rotatable bonds is 4. The van der Waals surface area contributed by atoms with E-state index >= 15 is 0 Å². The molecule has 0 saturated carbocycles. The smallest absolute Gasteiger partial charge is 0.145 e. The molecule has 2 heterocycles. The van der Waals surface area contributed by atoms with E-state index in [0.29, 0.717) is 11.8 Å². The first-order valence-electron chi connectivity index (χ1n) is 15.3. The van der Waals surface area contributed by atoms with Gasteiger partial charge >= 0.3 is 0 Å². The van der Waals surface area contributed by atoms with Crippen molar-refractivity contribution in [1.29, 1.82) is 0 Å². The van der Waals surface area contributed by atoms with E-state index in [-0.39, 0.29) is 0 Å². The van der Waals surface area contributed by atoms with Crippen LogP contribution in [-0.4, -0.2) is 9.55 Å². The van der Waals surface area contributed by atoms with Crippen molar-refractivity contribution in [2.24, 2.45) is 0 Å². The molecule has 3 nitrogen and oxygen atoms in total. The van der Waals surface area contributed by atoms with E-state index in [9.17, 15) is 0 Å². The summed E-state index contributed by atoms with van der Waals surface area (Å²) in [7, 11) is 0. The molecule has 2 aromatic heterocycles. The number of aryl methyl sites for hydroxylation is 1. The number of furan rings is 1. The number of aromatic nitrogens is 2. The molecule has 0 unspecified atom stereocenters. The van der Waals surface area contributed by atoms with Crippen LogP contribution in [0, 0.1) is 6.92 Å². The van der Waals surface area contributed by atoms with Crippen molar-refractivity contribution in [3.8, 4) is 17.1 Å². The normalized spacial score (nSPS) is 12.3. The SMILES string of the molecule is Cc1cc(C(C)C)c(-n2c(-c3ccc4oc5cc6ccc7ccccc7c6cc5c4c3)nc3ccccc32)c(C(C)C)c1. The molecule has 0 N–H and O–H groups in total. The molecule has 0 radical (unpaired) electrons. The van der Waals surface area contributed by atoms with Gasteiger partial charge in [-0.15, -0.1) is 0 Å². The molecule has 0 aliphatic rings. The maximum Gasteiger partial charge on any atom is 0.145 e. The molecule has 3 heteroatoms. The van der Waals surface area contributed by atoms with Gasteiger partial charge in [0.25, 0.3) is 0 Å². The monoisotopic (exact) mass is 558 g/mol. The first kappa shape index (κ1) is 25.8. The van der Waals surface area contributed by atoms with Crippen LogP contribution in [0.1, 0.15) is 56.2 Å². The van der Waals surface area contributed by atoms with Gasteiger partial charge in [-0.3, -0.25) is 4.57 Å². The first-order chi connectivity index (χ1) is 20.9. The quantitative estimate of drug-likeness (QED) is 0.201. The number of benzene rings is 6. The summed E-state index contributed by atoms with van der Waals surface area (Å²) in [6.45, 7) is 11.4. The molecule has 0 spiro atoms. The number of para-hydroxylation sites is 2. The number of hydrogen-bond donors (Lipinski definition) is 0. The van der Waals surface area contributed by atoms with Crippen molar-refractivity contribution in [3.05, 3.63) is 120 Å². The van der Waals surface area contributed by atoms with Gasteiger partial charge in [-0.2, -0.15) is 0 Å². The maximum atomic E-state index is 6.42. The predicted molar refractivity (Wildman–Crippen MR) is 182 cm³/mol. The summed E-state index contributed by atoms with van der Waals surface area (Å²) in [5.41, 5.74) is 10.3. The van der Waals surface area contributed by atoms with Gasteiger partial charge in [-0.25, -0.2) is 4.98 Å². The number of fused-ring (bicyclic) bond motifs is 7. The Morgan fingerprint density at radius 1 is 0.605 bits per heavy atom. The summed E-state index contributed by atoms with van der Waals surface area (Å²) in [5.74, 6) is 1.69. The van der Waals surface area contributed by atoms with Crippen LogP contribution in [0.15, 0.2) is 108 Å². The Labute approximate surface area is 251 Å². The molecule has 0 aliphatic heterocycles. The molecule has 43 heavy (non-hydrogen) atoms. The summed E-state index contributed by atoms with van der Waals surface area (Å²) >= 11 is 0. The Morgan fingerprint density at radius 2 is 1.30 bits per heavy atom. The molecule has 0 atom stereocenters. The van der Waals surface area contributed by atoms with E-state index in [1.165, 1.54) is 43.9 Å². The molecule has 0 saturated heterocycles. The standard InChI is InChI=1S/C40H34N2O/c1-23(2)30-18-25(5)19-31(24(3)4)39(30)42-36-13-9-8-12-35(36)41-40(42)28-16-17-37-33(20-28)34-22-32-27(21-38(34)43-37)15-14-26-10-6-7-11-29(26)32/h6-24H,1-5H3. The molecule has 0 bridgehead atoms. The minimum Gasteiger partial charge on any atom is -0.456 e. The highest BCUT2D eigenvalue weighted by atomic mass is 16.3. The summed E-state index contributed by atoms with van der Waals surface area (Å²) in [6.07, 6.45) is 0. The van der Waals surface area contributed by atoms with Crippen LogP contribution in [0.2, 0.25) is 0 Å². The minimum atomic E-state index is 0.366. The fourth-order valence-electron chi connectivity index (χ4n) is 6.84. The third-order valence-electron chi connectivity index (χ3n) is 8.93. The lowest BCUT2D eigenvalue weighted by atomic mass is 9.90. The molecule has 6 aromatic carbocycles. The summed E-state index contributed by atoms with van der Waals surface area (Å²) in [6, 6.07) is 37.2. The molecular weight excluding hydrogens is 524 g/mol. The highest BCUT2D eigenvalue weighted by Gasteiger charge is 2.23. The molecule has 8 rings (SSSR count). The minimum absolute atomic E-state index is 0.366. The first-order valence-corrected chi connectivity index (χ1v) is 15.3. The largest absolute Gasteiger partial charge is 0.456 e. The van der Waals surface area contributed by atoms with Crippen molar-refractivity contribution >= 4 is 54.5 Å². The van der Waals surface area contributed by atoms with Crippen molar-refractivity contribution in [3.63, 3.8) is 0 Å². The highest BCUT2D eigenvalue weighted by Crippen LogP contribution is 2.40. The molecule has 0 fully saturated rings. The van der Waals surface area contributed by atoms with Crippen LogP contribution >= 0.6 is 0 Å². The third kappa shape index (κ3) is 3.99. The number of imidazole rings is 1. The van der Waals surface area contributed by atoms with E-state index in [4.69, 9.17) is 9.40 Å². The van der Waals surface area contributed by atoms with Gasteiger partial charge in [0.2, 0.25) is 0 Å². The molecule has 0 amide bonds. The maximum absolute atomic E-state index is 6.42. The Morgan fingerprint density at radius 3 is 2.09 bits per heavy atom. The van der Waals surface area contributed by atoms with Gasteiger partial charge in [-0.05, 0) is 93.9 Å².